The first-order chi connectivity index (χ1) is 10.1. The number of rotatable bonds is 6. The van der Waals surface area contributed by atoms with Crippen LogP contribution in [0.2, 0.25) is 0 Å². The molecule has 0 radical (unpaired) electrons. The molecule has 4 heteroatoms. The lowest BCUT2D eigenvalue weighted by Crippen LogP contribution is -2.49. The Morgan fingerprint density at radius 3 is 2.95 bits per heavy atom. The number of nitrogens with one attached hydrogen (secondary N) is 1. The average Bonchev–Trinajstić information content (AvgIpc) is 2.46. The fourth-order valence-electron chi connectivity index (χ4n) is 3.75. The molecule has 1 aliphatic carbocycles. The SMILES string of the molecule is CCNC(c1cnccc1N)C1(OCC)CCCC(C)C1. The van der Waals surface area contributed by atoms with E-state index in [-0.39, 0.29) is 11.6 Å². The van der Waals surface area contributed by atoms with Crippen molar-refractivity contribution in [3.05, 3.63) is 24.0 Å². The number of nitrogen functional groups attached to an aromatic ring is 1. The molecule has 1 aromatic heterocycles. The number of pyridine rings is 1. The number of aromatic nitrogens is 1. The highest BCUT2D eigenvalue weighted by Crippen LogP contribution is 2.44. The molecular weight excluding hydrogens is 262 g/mol. The molecule has 4 nitrogen and oxygen atoms in total. The Morgan fingerprint density at radius 1 is 1.52 bits per heavy atom. The highest BCUT2D eigenvalue weighted by molar-refractivity contribution is 5.47. The summed E-state index contributed by atoms with van der Waals surface area (Å²) in [4.78, 5) is 4.28. The molecule has 2 rings (SSSR count). The summed E-state index contributed by atoms with van der Waals surface area (Å²) < 4.78 is 6.32. The van der Waals surface area contributed by atoms with Crippen LogP contribution >= 0.6 is 0 Å². The maximum atomic E-state index is 6.32. The maximum Gasteiger partial charge on any atom is 0.0880 e. The minimum absolute atomic E-state index is 0.110. The Balaban J connectivity index is 2.39. The van der Waals surface area contributed by atoms with E-state index in [1.54, 1.807) is 6.20 Å². The summed E-state index contributed by atoms with van der Waals surface area (Å²) in [5, 5.41) is 3.61. The highest BCUT2D eigenvalue weighted by Gasteiger charge is 2.43. The van der Waals surface area contributed by atoms with Crippen molar-refractivity contribution >= 4 is 5.69 Å². The van der Waals surface area contributed by atoms with Gasteiger partial charge in [0.15, 0.2) is 0 Å². The van der Waals surface area contributed by atoms with Gasteiger partial charge in [-0.05, 0) is 38.3 Å². The Bertz CT molecular complexity index is 447. The summed E-state index contributed by atoms with van der Waals surface area (Å²) in [6.45, 7) is 8.15. The number of hydrogen-bond donors (Lipinski definition) is 2. The predicted octanol–water partition coefficient (Wildman–Crippen LogP) is 3.30. The molecule has 0 bridgehead atoms. The Labute approximate surface area is 128 Å². The van der Waals surface area contributed by atoms with Gasteiger partial charge in [0.1, 0.15) is 0 Å². The first-order valence-corrected chi connectivity index (χ1v) is 8.19. The number of likely N-dealkylation sites (N-methyl/N-ethyl adjacent to an activating group) is 1. The molecule has 3 atom stereocenters. The Morgan fingerprint density at radius 2 is 2.33 bits per heavy atom. The van der Waals surface area contributed by atoms with Gasteiger partial charge in [-0.1, -0.05) is 26.7 Å². The van der Waals surface area contributed by atoms with Gasteiger partial charge in [-0.3, -0.25) is 4.98 Å². The van der Waals surface area contributed by atoms with Crippen molar-refractivity contribution in [2.45, 2.75) is 58.1 Å². The largest absolute Gasteiger partial charge is 0.398 e. The lowest BCUT2D eigenvalue weighted by Gasteiger charge is -2.46. The number of ether oxygens (including phenoxy) is 1. The number of nitrogens with two attached hydrogens (primary N) is 1. The van der Waals surface area contributed by atoms with Gasteiger partial charge >= 0.3 is 0 Å². The molecule has 0 amide bonds. The van der Waals surface area contributed by atoms with Crippen molar-refractivity contribution < 1.29 is 4.74 Å². The summed E-state index contributed by atoms with van der Waals surface area (Å²) in [6, 6.07) is 1.99. The quantitative estimate of drug-likeness (QED) is 0.844. The van der Waals surface area contributed by atoms with E-state index in [1.165, 1.54) is 12.8 Å². The second-order valence-electron chi connectivity index (χ2n) is 6.19. The summed E-state index contributed by atoms with van der Waals surface area (Å²) in [6.07, 6.45) is 8.30. The monoisotopic (exact) mass is 291 g/mol. The fourth-order valence-corrected chi connectivity index (χ4v) is 3.75. The second kappa shape index (κ2) is 7.23. The lowest BCUT2D eigenvalue weighted by molar-refractivity contribution is -0.101. The molecule has 0 aliphatic heterocycles. The summed E-state index contributed by atoms with van der Waals surface area (Å²) >= 11 is 0. The first kappa shape index (κ1) is 16.2. The van der Waals surface area contributed by atoms with Crippen molar-refractivity contribution in [3.63, 3.8) is 0 Å². The van der Waals surface area contributed by atoms with E-state index in [0.717, 1.165) is 37.2 Å². The number of hydrogen-bond acceptors (Lipinski definition) is 4. The number of anilines is 1. The average molecular weight is 291 g/mol. The molecule has 3 N–H and O–H groups in total. The third kappa shape index (κ3) is 3.55. The minimum Gasteiger partial charge on any atom is -0.398 e. The van der Waals surface area contributed by atoms with Crippen LogP contribution in [0.4, 0.5) is 5.69 Å². The molecule has 1 aliphatic rings. The van der Waals surface area contributed by atoms with Gasteiger partial charge in [0.05, 0.1) is 11.6 Å². The molecule has 1 heterocycles. The van der Waals surface area contributed by atoms with Crippen LogP contribution < -0.4 is 11.1 Å². The molecule has 0 aromatic carbocycles. The van der Waals surface area contributed by atoms with Crippen LogP contribution in [0.25, 0.3) is 0 Å². The van der Waals surface area contributed by atoms with E-state index in [0.29, 0.717) is 5.92 Å². The highest BCUT2D eigenvalue weighted by atomic mass is 16.5. The lowest BCUT2D eigenvalue weighted by atomic mass is 9.72. The number of nitrogens with zero attached hydrogens (tertiary/aromatic N) is 1. The van der Waals surface area contributed by atoms with Gasteiger partial charge in [0, 0.05) is 30.3 Å². The zero-order valence-corrected chi connectivity index (χ0v) is 13.6. The van der Waals surface area contributed by atoms with Crippen LogP contribution in [0.1, 0.15) is 58.1 Å². The molecule has 1 fully saturated rings. The van der Waals surface area contributed by atoms with Crippen molar-refractivity contribution in [1.29, 1.82) is 0 Å². The zero-order chi connectivity index (χ0) is 15.3. The van der Waals surface area contributed by atoms with E-state index >= 15 is 0 Å². The van der Waals surface area contributed by atoms with Gasteiger partial charge in [0.2, 0.25) is 0 Å². The fraction of sp³-hybridized carbons (Fsp3) is 0.706. The molecule has 3 unspecified atom stereocenters. The summed E-state index contributed by atoms with van der Waals surface area (Å²) in [7, 11) is 0. The van der Waals surface area contributed by atoms with Crippen LogP contribution in [0.3, 0.4) is 0 Å². The van der Waals surface area contributed by atoms with Crippen molar-refractivity contribution in [2.24, 2.45) is 5.92 Å². The van der Waals surface area contributed by atoms with Crippen LogP contribution in [-0.4, -0.2) is 23.7 Å². The van der Waals surface area contributed by atoms with Crippen molar-refractivity contribution in [2.75, 3.05) is 18.9 Å². The van der Waals surface area contributed by atoms with Crippen LogP contribution in [0.5, 0.6) is 0 Å². The molecular formula is C17H29N3O. The smallest absolute Gasteiger partial charge is 0.0880 e. The molecule has 1 saturated carbocycles. The van der Waals surface area contributed by atoms with E-state index in [9.17, 15) is 0 Å². The maximum absolute atomic E-state index is 6.32. The van der Waals surface area contributed by atoms with Crippen LogP contribution in [0.15, 0.2) is 18.5 Å². The minimum atomic E-state index is -0.167. The Hall–Kier alpha value is -1.13. The summed E-state index contributed by atoms with van der Waals surface area (Å²) in [5.41, 5.74) is 7.92. The van der Waals surface area contributed by atoms with Crippen molar-refractivity contribution in [1.82, 2.24) is 10.3 Å². The topological polar surface area (TPSA) is 60.2 Å². The van der Waals surface area contributed by atoms with E-state index in [2.05, 4.69) is 31.1 Å². The van der Waals surface area contributed by atoms with E-state index < -0.39 is 0 Å². The molecule has 0 spiro atoms. The van der Waals surface area contributed by atoms with E-state index in [1.807, 2.05) is 12.3 Å². The molecule has 1 aromatic rings. The first-order valence-electron chi connectivity index (χ1n) is 8.19. The van der Waals surface area contributed by atoms with Crippen LogP contribution in [-0.2, 0) is 4.74 Å². The second-order valence-corrected chi connectivity index (χ2v) is 6.19. The van der Waals surface area contributed by atoms with Gasteiger partial charge in [-0.2, -0.15) is 0 Å². The standard InChI is InChI=1S/C17H29N3O/c1-4-20-16(14-12-19-10-8-15(14)18)17(21-5-2)9-6-7-13(3)11-17/h8,10,12-13,16,20H,4-7,9,11H2,1-3H3,(H2,18,19). The van der Waals surface area contributed by atoms with E-state index in [4.69, 9.17) is 10.5 Å². The van der Waals surface area contributed by atoms with Gasteiger partial charge < -0.3 is 15.8 Å². The Kier molecular flexibility index (Phi) is 5.59. The van der Waals surface area contributed by atoms with Crippen LogP contribution in [0, 0.1) is 5.92 Å². The van der Waals surface area contributed by atoms with Gasteiger partial charge in [-0.25, -0.2) is 0 Å². The van der Waals surface area contributed by atoms with Gasteiger partial charge in [-0.15, -0.1) is 0 Å². The molecule has 0 saturated heterocycles. The van der Waals surface area contributed by atoms with Gasteiger partial charge in [0.25, 0.3) is 0 Å². The van der Waals surface area contributed by atoms with Crippen molar-refractivity contribution in [3.8, 4) is 0 Å². The molecule has 21 heavy (non-hydrogen) atoms. The normalized spacial score (nSPS) is 27.5. The molecule has 118 valence electrons. The zero-order valence-electron chi connectivity index (χ0n) is 13.6. The third-order valence-corrected chi connectivity index (χ3v) is 4.56. The third-order valence-electron chi connectivity index (χ3n) is 4.56. The predicted molar refractivity (Wildman–Crippen MR) is 87.1 cm³/mol. The summed E-state index contributed by atoms with van der Waals surface area (Å²) in [5.74, 6) is 0.685.